The number of phosphoric acid groups is 1. The van der Waals surface area contributed by atoms with Crippen molar-refractivity contribution in [3.63, 3.8) is 0 Å². The second-order valence-corrected chi connectivity index (χ2v) is 15.7. The number of carbonyl (C=O) groups is 1. The number of likely N-dealkylation sites (N-methyl/N-ethyl adjacent to an activating group) is 1. The molecular formula is C44H76NO7P. The van der Waals surface area contributed by atoms with Crippen molar-refractivity contribution in [3.05, 3.63) is 85.1 Å². The zero-order chi connectivity index (χ0) is 39.1. The van der Waals surface area contributed by atoms with Crippen molar-refractivity contribution >= 4 is 13.8 Å². The largest absolute Gasteiger partial charge is 0.756 e. The number of rotatable bonds is 36. The fraction of sp³-hybridized carbons (Fsp3) is 0.659. The van der Waals surface area contributed by atoms with Gasteiger partial charge in [-0.15, -0.1) is 0 Å². The smallest absolute Gasteiger partial charge is 0.306 e. The van der Waals surface area contributed by atoms with Crippen molar-refractivity contribution in [2.24, 2.45) is 0 Å². The molecule has 0 fully saturated rings. The summed E-state index contributed by atoms with van der Waals surface area (Å²) in [5, 5.41) is 0. The highest BCUT2D eigenvalue weighted by atomic mass is 31.2. The van der Waals surface area contributed by atoms with Crippen LogP contribution in [0.25, 0.3) is 0 Å². The van der Waals surface area contributed by atoms with Gasteiger partial charge in [-0.2, -0.15) is 0 Å². The van der Waals surface area contributed by atoms with Crippen molar-refractivity contribution in [2.45, 2.75) is 136 Å². The second kappa shape index (κ2) is 36.6. The SMILES string of the molecule is CC/C=C\C/C=C\C/C=C\C/C=C\C/C=C\C/C=C\C/C=C\CCCCCC(=O)OC(COCCCCCCCC)COP(=O)([O-])OCC[N+](C)(C)C. The van der Waals surface area contributed by atoms with Gasteiger partial charge in [-0.05, 0) is 70.6 Å². The Bertz CT molecular complexity index is 1120. The molecule has 0 aromatic heterocycles. The van der Waals surface area contributed by atoms with Crippen molar-refractivity contribution in [3.8, 4) is 0 Å². The van der Waals surface area contributed by atoms with E-state index >= 15 is 0 Å². The molecule has 2 unspecified atom stereocenters. The van der Waals surface area contributed by atoms with Crippen LogP contribution in [-0.4, -0.2) is 70.7 Å². The lowest BCUT2D eigenvalue weighted by Crippen LogP contribution is -2.37. The van der Waals surface area contributed by atoms with Gasteiger partial charge >= 0.3 is 5.97 Å². The lowest BCUT2D eigenvalue weighted by molar-refractivity contribution is -0.870. The van der Waals surface area contributed by atoms with E-state index in [1.807, 2.05) is 21.1 Å². The Hall–Kier alpha value is -2.32. The molecule has 304 valence electrons. The predicted octanol–water partition coefficient (Wildman–Crippen LogP) is 11.1. The van der Waals surface area contributed by atoms with Crippen LogP contribution in [-0.2, 0) is 27.9 Å². The number of nitrogens with zero attached hydrogens (tertiary/aromatic N) is 1. The third-order valence-corrected chi connectivity index (χ3v) is 8.93. The summed E-state index contributed by atoms with van der Waals surface area (Å²) in [4.78, 5) is 24.9. The van der Waals surface area contributed by atoms with Crippen LogP contribution < -0.4 is 4.89 Å². The minimum Gasteiger partial charge on any atom is -0.756 e. The number of quaternary nitrogens is 1. The molecule has 53 heavy (non-hydrogen) atoms. The number of phosphoric ester groups is 1. The van der Waals surface area contributed by atoms with Gasteiger partial charge in [0.2, 0.25) is 0 Å². The Labute approximate surface area is 325 Å². The van der Waals surface area contributed by atoms with E-state index in [1.54, 1.807) is 0 Å². The van der Waals surface area contributed by atoms with Crippen molar-refractivity contribution in [1.82, 2.24) is 0 Å². The molecule has 0 N–H and O–H groups in total. The Balaban J connectivity index is 4.20. The number of allylic oxidation sites excluding steroid dienone is 14. The molecule has 0 aliphatic rings. The first-order chi connectivity index (χ1) is 25.6. The molecule has 0 saturated carbocycles. The van der Waals surface area contributed by atoms with Crippen LogP contribution >= 0.6 is 7.82 Å². The summed E-state index contributed by atoms with van der Waals surface area (Å²) in [6, 6.07) is 0. The Morgan fingerprint density at radius 1 is 0.604 bits per heavy atom. The lowest BCUT2D eigenvalue weighted by Gasteiger charge is -2.28. The molecule has 0 rings (SSSR count). The average molecular weight is 762 g/mol. The maximum Gasteiger partial charge on any atom is 0.306 e. The Kier molecular flexibility index (Phi) is 35.0. The Morgan fingerprint density at radius 2 is 1.09 bits per heavy atom. The summed E-state index contributed by atoms with van der Waals surface area (Å²) in [7, 11) is 1.32. The molecule has 9 heteroatoms. The first-order valence-electron chi connectivity index (χ1n) is 20.3. The summed E-state index contributed by atoms with van der Waals surface area (Å²) in [6.07, 6.45) is 47.6. The van der Waals surface area contributed by atoms with E-state index < -0.39 is 13.9 Å². The zero-order valence-electron chi connectivity index (χ0n) is 34.2. The van der Waals surface area contributed by atoms with E-state index in [-0.39, 0.29) is 32.2 Å². The minimum atomic E-state index is -4.53. The van der Waals surface area contributed by atoms with Gasteiger partial charge in [0.25, 0.3) is 7.82 Å². The van der Waals surface area contributed by atoms with Gasteiger partial charge in [0.1, 0.15) is 19.3 Å². The molecular weight excluding hydrogens is 685 g/mol. The monoisotopic (exact) mass is 762 g/mol. The fourth-order valence-corrected chi connectivity index (χ4v) is 5.55. The summed E-state index contributed by atoms with van der Waals surface area (Å²) >= 11 is 0. The molecule has 0 spiro atoms. The van der Waals surface area contributed by atoms with Crippen LogP contribution in [0.1, 0.15) is 129 Å². The molecule has 0 aromatic carbocycles. The van der Waals surface area contributed by atoms with Crippen LogP contribution in [0.5, 0.6) is 0 Å². The number of carbonyl (C=O) groups excluding carboxylic acids is 1. The van der Waals surface area contributed by atoms with Gasteiger partial charge in [0.05, 0.1) is 34.4 Å². The quantitative estimate of drug-likeness (QED) is 0.0206. The average Bonchev–Trinajstić information content (AvgIpc) is 3.11. The van der Waals surface area contributed by atoms with Crippen LogP contribution in [0.4, 0.5) is 0 Å². The number of hydrogen-bond donors (Lipinski definition) is 0. The standard InChI is InChI=1S/C44H76NO7P/c1-6-8-10-12-14-15-16-17-18-19-20-21-22-23-24-25-26-27-28-29-30-31-32-33-35-37-44(46)52-43(41-49-39-36-34-13-11-9-7-2)42-51-53(47,48)50-40-38-45(3,4)5/h8,10,14-15,17-18,20-21,23-24,26-27,29-30,43H,6-7,9,11-13,16,19,22,25,28,31-42H2,1-5H3/b10-8-,15-14-,18-17-,21-20-,24-23-,27-26-,30-29-. The van der Waals surface area contributed by atoms with Gasteiger partial charge in [-0.3, -0.25) is 9.36 Å². The van der Waals surface area contributed by atoms with Crippen LogP contribution in [0, 0.1) is 0 Å². The van der Waals surface area contributed by atoms with Crippen LogP contribution in [0.3, 0.4) is 0 Å². The number of esters is 1. The topological polar surface area (TPSA) is 94.1 Å². The van der Waals surface area contributed by atoms with Crippen LogP contribution in [0.15, 0.2) is 85.1 Å². The van der Waals surface area contributed by atoms with E-state index in [2.05, 4.69) is 98.9 Å². The first-order valence-corrected chi connectivity index (χ1v) is 21.8. The minimum absolute atomic E-state index is 0.0148. The third kappa shape index (κ3) is 40.7. The number of hydrogen-bond acceptors (Lipinski definition) is 7. The molecule has 8 nitrogen and oxygen atoms in total. The van der Waals surface area contributed by atoms with E-state index in [0.29, 0.717) is 24.1 Å². The molecule has 0 bridgehead atoms. The van der Waals surface area contributed by atoms with Gasteiger partial charge in [0, 0.05) is 13.0 Å². The summed E-state index contributed by atoms with van der Waals surface area (Å²) < 4.78 is 34.2. The van der Waals surface area contributed by atoms with Gasteiger partial charge in [0.15, 0.2) is 0 Å². The van der Waals surface area contributed by atoms with Crippen LogP contribution in [0.2, 0.25) is 0 Å². The highest BCUT2D eigenvalue weighted by molar-refractivity contribution is 7.45. The summed E-state index contributed by atoms with van der Waals surface area (Å²) in [6.45, 7) is 5.16. The third-order valence-electron chi connectivity index (χ3n) is 7.96. The van der Waals surface area contributed by atoms with Crippen molar-refractivity contribution < 1.29 is 37.3 Å². The Morgan fingerprint density at radius 3 is 1.62 bits per heavy atom. The summed E-state index contributed by atoms with van der Waals surface area (Å²) in [5.41, 5.74) is 0. The predicted molar refractivity (Wildman–Crippen MR) is 222 cm³/mol. The molecule has 0 aromatic rings. The number of unbranched alkanes of at least 4 members (excludes halogenated alkanes) is 8. The maximum atomic E-state index is 12.6. The van der Waals surface area contributed by atoms with E-state index in [4.69, 9.17) is 18.5 Å². The van der Waals surface area contributed by atoms with Crippen molar-refractivity contribution in [1.29, 1.82) is 0 Å². The molecule has 0 aliphatic heterocycles. The van der Waals surface area contributed by atoms with E-state index in [0.717, 1.165) is 77.0 Å². The summed E-state index contributed by atoms with van der Waals surface area (Å²) in [5.74, 6) is -0.373. The highest BCUT2D eigenvalue weighted by Gasteiger charge is 2.20. The second-order valence-electron chi connectivity index (χ2n) is 14.3. The van der Waals surface area contributed by atoms with Gasteiger partial charge in [-0.25, -0.2) is 0 Å². The molecule has 0 saturated heterocycles. The molecule has 0 amide bonds. The molecule has 0 aliphatic carbocycles. The molecule has 0 heterocycles. The first kappa shape index (κ1) is 50.7. The van der Waals surface area contributed by atoms with Crippen molar-refractivity contribution in [2.75, 3.05) is 54.1 Å². The normalized spacial score (nSPS) is 14.8. The van der Waals surface area contributed by atoms with E-state index in [1.165, 1.54) is 25.7 Å². The fourth-order valence-electron chi connectivity index (χ4n) is 4.82. The van der Waals surface area contributed by atoms with Gasteiger partial charge in [-0.1, -0.05) is 137 Å². The van der Waals surface area contributed by atoms with E-state index in [9.17, 15) is 14.3 Å². The van der Waals surface area contributed by atoms with Gasteiger partial charge < -0.3 is 27.9 Å². The number of ether oxygens (including phenoxy) is 2. The lowest BCUT2D eigenvalue weighted by atomic mass is 10.1. The zero-order valence-corrected chi connectivity index (χ0v) is 35.1. The molecule has 2 atom stereocenters. The highest BCUT2D eigenvalue weighted by Crippen LogP contribution is 2.38. The maximum absolute atomic E-state index is 12.6. The molecule has 0 radical (unpaired) electrons.